The van der Waals surface area contributed by atoms with Crippen molar-refractivity contribution in [3.63, 3.8) is 0 Å². The number of oxime groups is 1. The quantitative estimate of drug-likeness (QED) is 0.0159. The molecule has 1 aromatic carbocycles. The highest BCUT2D eigenvalue weighted by atomic mass is 127. The van der Waals surface area contributed by atoms with Gasteiger partial charge in [0.1, 0.15) is 5.69 Å². The number of ether oxygens (including phenoxy) is 2. The average Bonchev–Trinajstić information content (AvgIpc) is 3.72. The van der Waals surface area contributed by atoms with Crippen LogP contribution in [0.5, 0.6) is 11.5 Å². The van der Waals surface area contributed by atoms with Gasteiger partial charge in [-0.3, -0.25) is 33.7 Å². The number of nitrogens with one attached hydrogen (secondary N) is 1. The summed E-state index contributed by atoms with van der Waals surface area (Å²) in [6, 6.07) is 4.32. The SMILES string of the molecule is CC(=O)Oc1ccc(-c2nc(SCC3=CN4C(=O)C(C(=O)O)[C@@]4(NC(=O)C(=NOC(C)(CI)C(=O)O)c4csc(N)n4)SC3)sc2CC(=O)O)cc1OC(C)=O. The number of carboxylic acid groups (broad SMARTS) is 3. The maximum Gasteiger partial charge on any atom is 0.351 e. The molecule has 5 rings (SSSR count). The number of carbonyl (C=O) groups excluding carboxylic acids is 4. The summed E-state index contributed by atoms with van der Waals surface area (Å²) in [5.41, 5.74) is 4.64. The second-order valence-electron chi connectivity index (χ2n) is 11.9. The molecule has 2 aliphatic heterocycles. The van der Waals surface area contributed by atoms with Crippen molar-refractivity contribution in [3.8, 4) is 22.8 Å². The van der Waals surface area contributed by atoms with Crippen molar-refractivity contribution >= 4 is 121 Å². The van der Waals surface area contributed by atoms with E-state index in [9.17, 15) is 48.9 Å². The summed E-state index contributed by atoms with van der Waals surface area (Å²) in [6.07, 6.45) is 1.03. The molecule has 1 saturated heterocycles. The minimum absolute atomic E-state index is 0.0252. The van der Waals surface area contributed by atoms with Gasteiger partial charge in [0, 0.05) is 47.4 Å². The van der Waals surface area contributed by atoms with E-state index in [0.717, 1.165) is 46.3 Å². The molecule has 1 fully saturated rings. The molecule has 0 spiro atoms. The Balaban J connectivity index is 1.40. The van der Waals surface area contributed by atoms with Crippen molar-refractivity contribution in [1.29, 1.82) is 0 Å². The van der Waals surface area contributed by atoms with Gasteiger partial charge in [0.05, 0.1) is 16.5 Å². The molecule has 2 amide bonds. The van der Waals surface area contributed by atoms with Crippen molar-refractivity contribution in [2.24, 2.45) is 11.1 Å². The molecule has 2 aliphatic rings. The zero-order chi connectivity index (χ0) is 41.1. The van der Waals surface area contributed by atoms with Crippen LogP contribution in [0, 0.1) is 5.92 Å². The molecule has 296 valence electrons. The minimum atomic E-state index is -1.84. The van der Waals surface area contributed by atoms with Crippen LogP contribution in [-0.4, -0.2) is 104 Å². The van der Waals surface area contributed by atoms with Crippen LogP contribution in [0.3, 0.4) is 0 Å². The molecule has 56 heavy (non-hydrogen) atoms. The lowest BCUT2D eigenvalue weighted by molar-refractivity contribution is -0.171. The number of thioether (sulfide) groups is 2. The number of β-lactam (4-membered cyclic amide) rings is 1. The maximum absolute atomic E-state index is 13.8. The van der Waals surface area contributed by atoms with Gasteiger partial charge in [-0.1, -0.05) is 39.5 Å². The number of nitrogens with zero attached hydrogens (tertiary/aromatic N) is 4. The first kappa shape index (κ1) is 42.4. The van der Waals surface area contributed by atoms with E-state index < -0.39 is 63.9 Å². The van der Waals surface area contributed by atoms with E-state index in [1.165, 1.54) is 55.4 Å². The molecule has 2 unspecified atom stereocenters. The standard InChI is InChI=1S/C32H29IN6O13S4/c1-13(40)50-18-5-4-16(6-19(18)51-14(2)41)23-20(7-21(42)43)56-30(36-23)54-9-15-8-39-26(45)22(27(46)47)32(39,55-10-15)37-25(44)24(17-11-53-29(34)35-17)38-52-31(3,12-33)28(48)49/h4-6,8,11,22H,7,9-10,12H2,1-3H3,(H2,34,35)(H,37,44)(H,42,43)(H,46,47)(H,48,49)/t22?,31?,32-/m0/s1. The Bertz CT molecular complexity index is 2210. The van der Waals surface area contributed by atoms with E-state index in [-0.39, 0.29) is 50.4 Å². The summed E-state index contributed by atoms with van der Waals surface area (Å²) in [4.78, 5) is 99.8. The van der Waals surface area contributed by atoms with Crippen LogP contribution in [0.2, 0.25) is 0 Å². The van der Waals surface area contributed by atoms with Crippen molar-refractivity contribution in [2.75, 3.05) is 21.7 Å². The zero-order valence-electron chi connectivity index (χ0n) is 29.1. The summed E-state index contributed by atoms with van der Waals surface area (Å²) in [5.74, 6) is -8.62. The summed E-state index contributed by atoms with van der Waals surface area (Å²) in [6.45, 7) is 3.58. The number of thiazole rings is 2. The predicted molar refractivity (Wildman–Crippen MR) is 211 cm³/mol. The average molecular weight is 961 g/mol. The third kappa shape index (κ3) is 9.08. The number of anilines is 1. The Hall–Kier alpha value is -4.79. The molecule has 24 heteroatoms. The molecule has 3 atom stereocenters. The van der Waals surface area contributed by atoms with Crippen LogP contribution < -0.4 is 20.5 Å². The van der Waals surface area contributed by atoms with Crippen LogP contribution in [0.15, 0.2) is 44.8 Å². The fourth-order valence-electron chi connectivity index (χ4n) is 5.05. The largest absolute Gasteiger partial charge is 0.481 e. The van der Waals surface area contributed by atoms with Gasteiger partial charge in [0.15, 0.2) is 37.6 Å². The number of rotatable bonds is 16. The maximum atomic E-state index is 13.8. The first-order valence-corrected chi connectivity index (χ1v) is 20.9. The van der Waals surface area contributed by atoms with Gasteiger partial charge in [-0.05, 0) is 30.7 Å². The fourth-order valence-corrected chi connectivity index (χ4v) is 9.75. The number of halogens is 1. The first-order valence-electron chi connectivity index (χ1n) is 15.7. The Labute approximate surface area is 346 Å². The Morgan fingerprint density at radius 2 is 1.82 bits per heavy atom. The number of carboxylic acids is 3. The third-order valence-electron chi connectivity index (χ3n) is 7.68. The second-order valence-corrected chi connectivity index (χ2v) is 17.1. The van der Waals surface area contributed by atoms with E-state index in [1.54, 1.807) is 22.6 Å². The van der Waals surface area contributed by atoms with Gasteiger partial charge < -0.3 is 40.7 Å². The Morgan fingerprint density at radius 1 is 1.12 bits per heavy atom. The van der Waals surface area contributed by atoms with Crippen molar-refractivity contribution in [1.82, 2.24) is 20.2 Å². The van der Waals surface area contributed by atoms with Gasteiger partial charge in [0.2, 0.25) is 11.5 Å². The smallest absolute Gasteiger partial charge is 0.351 e. The molecular weight excluding hydrogens is 932 g/mol. The Morgan fingerprint density at radius 3 is 2.41 bits per heavy atom. The van der Waals surface area contributed by atoms with Crippen LogP contribution in [0.4, 0.5) is 5.13 Å². The number of hydrogen-bond donors (Lipinski definition) is 5. The van der Waals surface area contributed by atoms with E-state index in [0.29, 0.717) is 20.4 Å². The van der Waals surface area contributed by atoms with E-state index in [1.807, 2.05) is 0 Å². The number of aromatic nitrogens is 2. The number of amides is 2. The number of aliphatic carboxylic acids is 3. The monoisotopic (exact) mass is 960 g/mol. The summed E-state index contributed by atoms with van der Waals surface area (Å²) >= 11 is 6.00. The highest BCUT2D eigenvalue weighted by Crippen LogP contribution is 2.49. The molecular formula is C32H29IN6O13S4. The summed E-state index contributed by atoms with van der Waals surface area (Å²) < 4.78 is 10.7. The van der Waals surface area contributed by atoms with Crippen LogP contribution in [-0.2, 0) is 44.8 Å². The molecule has 0 aliphatic carbocycles. The van der Waals surface area contributed by atoms with Crippen LogP contribution in [0.1, 0.15) is 31.3 Å². The number of hydrogen-bond acceptors (Lipinski definition) is 18. The Kier molecular flexibility index (Phi) is 13.0. The highest BCUT2D eigenvalue weighted by molar-refractivity contribution is 14.1. The number of alkyl halides is 1. The number of carbonyl (C=O) groups is 7. The number of fused-ring (bicyclic) bond motifs is 1. The molecule has 6 N–H and O–H groups in total. The number of esters is 2. The summed E-state index contributed by atoms with van der Waals surface area (Å²) in [5, 5.41) is 37.1. The third-order valence-corrected chi connectivity index (χ3v) is 13.6. The van der Waals surface area contributed by atoms with E-state index in [4.69, 9.17) is 20.0 Å². The zero-order valence-corrected chi connectivity index (χ0v) is 34.5. The lowest BCUT2D eigenvalue weighted by Gasteiger charge is -2.55. The van der Waals surface area contributed by atoms with Gasteiger partial charge in [-0.2, -0.15) is 0 Å². The van der Waals surface area contributed by atoms with Gasteiger partial charge in [0.25, 0.3) is 5.91 Å². The molecule has 0 saturated carbocycles. The molecule has 0 radical (unpaired) electrons. The van der Waals surface area contributed by atoms with Gasteiger partial charge >= 0.3 is 29.8 Å². The normalized spacial score (nSPS) is 18.8. The van der Waals surface area contributed by atoms with Gasteiger partial charge in [-0.25, -0.2) is 14.8 Å². The second kappa shape index (κ2) is 17.1. The van der Waals surface area contributed by atoms with Crippen LogP contribution in [0.25, 0.3) is 11.3 Å². The molecule has 2 aromatic heterocycles. The summed E-state index contributed by atoms with van der Waals surface area (Å²) in [7, 11) is 0. The van der Waals surface area contributed by atoms with E-state index >= 15 is 0 Å². The molecule has 0 bridgehead atoms. The van der Waals surface area contributed by atoms with Crippen LogP contribution >= 0.6 is 68.8 Å². The van der Waals surface area contributed by atoms with E-state index in [2.05, 4.69) is 20.4 Å². The molecule has 19 nitrogen and oxygen atoms in total. The number of benzene rings is 1. The topological polar surface area (TPSA) is 287 Å². The lowest BCUT2D eigenvalue weighted by Crippen LogP contribution is -2.77. The molecule has 4 heterocycles. The highest BCUT2D eigenvalue weighted by Gasteiger charge is 2.66. The van der Waals surface area contributed by atoms with Crippen molar-refractivity contribution in [3.05, 3.63) is 45.9 Å². The number of nitrogens with two attached hydrogens (primary N) is 1. The predicted octanol–water partition coefficient (Wildman–Crippen LogP) is 3.06. The van der Waals surface area contributed by atoms with Gasteiger partial charge in [-0.15, -0.1) is 34.4 Å². The van der Waals surface area contributed by atoms with Crippen molar-refractivity contribution < 1.29 is 63.2 Å². The fraction of sp³-hybridized carbons (Fsp3) is 0.312. The number of nitrogen functional groups attached to an aromatic ring is 1. The minimum Gasteiger partial charge on any atom is -0.481 e. The van der Waals surface area contributed by atoms with Crippen molar-refractivity contribution in [2.45, 2.75) is 42.1 Å². The molecule has 3 aromatic rings. The first-order chi connectivity index (χ1) is 26.4. The lowest BCUT2D eigenvalue weighted by atomic mass is 9.92.